The molecule has 2 aromatic rings. The van der Waals surface area contributed by atoms with Crippen LogP contribution in [0.3, 0.4) is 0 Å². The lowest BCUT2D eigenvalue weighted by Crippen LogP contribution is -2.45. The highest BCUT2D eigenvalue weighted by Gasteiger charge is 2.18. The molecule has 0 radical (unpaired) electrons. The maximum atomic E-state index is 9.10. The Kier molecular flexibility index (Phi) is 8.38. The summed E-state index contributed by atoms with van der Waals surface area (Å²) < 4.78 is 5.44. The van der Waals surface area contributed by atoms with Crippen molar-refractivity contribution in [3.05, 3.63) is 59.9 Å². The van der Waals surface area contributed by atoms with Crippen LogP contribution in [-0.4, -0.2) is 70.2 Å². The third kappa shape index (κ3) is 6.98. The van der Waals surface area contributed by atoms with E-state index < -0.39 is 11.9 Å². The Hall–Kier alpha value is -2.97. The van der Waals surface area contributed by atoms with Gasteiger partial charge >= 0.3 is 11.9 Å². The van der Waals surface area contributed by atoms with Crippen LogP contribution in [0, 0.1) is 0 Å². The van der Waals surface area contributed by atoms with Gasteiger partial charge in [0, 0.05) is 57.2 Å². The quantitative estimate of drug-likeness (QED) is 0.745. The van der Waals surface area contributed by atoms with E-state index in [-0.39, 0.29) is 0 Å². The van der Waals surface area contributed by atoms with Gasteiger partial charge < -0.3 is 14.9 Å². The zero-order valence-electron chi connectivity index (χ0n) is 15.8. The van der Waals surface area contributed by atoms with Crippen molar-refractivity contribution in [3.63, 3.8) is 0 Å². The van der Waals surface area contributed by atoms with E-state index in [1.165, 1.54) is 11.1 Å². The second-order valence-corrected chi connectivity index (χ2v) is 6.33. The smallest absolute Gasteiger partial charge is 0.414 e. The Morgan fingerprint density at radius 3 is 2.00 bits per heavy atom. The molecule has 1 saturated heterocycles. The van der Waals surface area contributed by atoms with E-state index in [1.54, 1.807) is 7.11 Å². The van der Waals surface area contributed by atoms with Gasteiger partial charge in [0.05, 0.1) is 7.11 Å². The highest BCUT2D eigenvalue weighted by molar-refractivity contribution is 6.27. The van der Waals surface area contributed by atoms with Crippen LogP contribution in [-0.2, 0) is 22.7 Å². The van der Waals surface area contributed by atoms with Gasteiger partial charge in [0.15, 0.2) is 0 Å². The molecule has 2 heterocycles. The molecule has 0 bridgehead atoms. The fourth-order valence-corrected chi connectivity index (χ4v) is 2.93. The molecule has 28 heavy (non-hydrogen) atoms. The summed E-state index contributed by atoms with van der Waals surface area (Å²) in [4.78, 5) is 27.3. The molecule has 1 aromatic carbocycles. The number of methoxy groups -OCH3 is 1. The summed E-state index contributed by atoms with van der Waals surface area (Å²) >= 11 is 0. The summed E-state index contributed by atoms with van der Waals surface area (Å²) in [5, 5.41) is 14.8. The highest BCUT2D eigenvalue weighted by atomic mass is 16.5. The van der Waals surface area contributed by atoms with Crippen LogP contribution in [0.25, 0.3) is 0 Å². The number of rotatable bonds is 5. The van der Waals surface area contributed by atoms with Gasteiger partial charge in [0.25, 0.3) is 0 Å². The molecule has 1 aromatic heterocycles. The largest absolute Gasteiger partial charge is 0.496 e. The number of carbonyl (C=O) groups is 2. The van der Waals surface area contributed by atoms with E-state index in [0.29, 0.717) is 0 Å². The van der Waals surface area contributed by atoms with E-state index in [9.17, 15) is 0 Å². The zero-order valence-corrected chi connectivity index (χ0v) is 15.8. The Morgan fingerprint density at radius 2 is 1.46 bits per heavy atom. The van der Waals surface area contributed by atoms with Crippen LogP contribution in [0.4, 0.5) is 0 Å². The number of benzene rings is 1. The van der Waals surface area contributed by atoms with Crippen LogP contribution in [0.15, 0.2) is 48.8 Å². The van der Waals surface area contributed by atoms with E-state index in [4.69, 9.17) is 24.5 Å². The Bertz CT molecular complexity index is 749. The minimum atomic E-state index is -1.82. The molecule has 8 nitrogen and oxygen atoms in total. The van der Waals surface area contributed by atoms with Crippen molar-refractivity contribution < 1.29 is 24.5 Å². The van der Waals surface area contributed by atoms with Crippen molar-refractivity contribution in [1.29, 1.82) is 0 Å². The van der Waals surface area contributed by atoms with Gasteiger partial charge in [0.2, 0.25) is 0 Å². The molecule has 0 atom stereocenters. The number of piperazine rings is 1. The summed E-state index contributed by atoms with van der Waals surface area (Å²) in [5.41, 5.74) is 2.61. The molecule has 150 valence electrons. The van der Waals surface area contributed by atoms with E-state index in [2.05, 4.69) is 39.0 Å². The monoisotopic (exact) mass is 387 g/mol. The number of ether oxygens (including phenoxy) is 1. The fourth-order valence-electron chi connectivity index (χ4n) is 2.93. The van der Waals surface area contributed by atoms with E-state index in [1.807, 2.05) is 24.5 Å². The average Bonchev–Trinajstić information content (AvgIpc) is 2.71. The van der Waals surface area contributed by atoms with Gasteiger partial charge in [-0.25, -0.2) is 9.59 Å². The second kappa shape index (κ2) is 11.0. The van der Waals surface area contributed by atoms with Gasteiger partial charge in [-0.1, -0.05) is 18.2 Å². The first-order valence-corrected chi connectivity index (χ1v) is 8.91. The predicted octanol–water partition coefficient (Wildman–Crippen LogP) is 1.56. The normalized spacial score (nSPS) is 14.6. The SMILES string of the molecule is COc1ccccc1CN1CCN(Cc2ccncc2)CC1.O=C(O)C(=O)O. The van der Waals surface area contributed by atoms with Gasteiger partial charge in [0.1, 0.15) is 5.75 Å². The lowest BCUT2D eigenvalue weighted by Gasteiger charge is -2.34. The fraction of sp³-hybridized carbons (Fsp3) is 0.350. The standard InChI is InChI=1S/C18H23N3O.C2H2O4/c1-22-18-5-3-2-4-17(18)15-21-12-10-20(11-13-21)14-16-6-8-19-9-7-16;3-1(4)2(5)6/h2-9H,10-15H2,1H3;(H,3,4)(H,5,6). The van der Waals surface area contributed by atoms with Gasteiger partial charge in [-0.15, -0.1) is 0 Å². The van der Waals surface area contributed by atoms with Crippen LogP contribution >= 0.6 is 0 Å². The first kappa shape index (κ1) is 21.3. The molecule has 2 N–H and O–H groups in total. The number of aliphatic carboxylic acids is 2. The third-order valence-corrected chi connectivity index (χ3v) is 4.39. The Balaban J connectivity index is 0.000000409. The van der Waals surface area contributed by atoms with E-state index in [0.717, 1.165) is 45.0 Å². The molecule has 0 amide bonds. The summed E-state index contributed by atoms with van der Waals surface area (Å²) in [6.45, 7) is 6.40. The predicted molar refractivity (Wildman–Crippen MR) is 103 cm³/mol. The number of hydrogen-bond donors (Lipinski definition) is 2. The third-order valence-electron chi connectivity index (χ3n) is 4.39. The highest BCUT2D eigenvalue weighted by Crippen LogP contribution is 2.20. The van der Waals surface area contributed by atoms with Gasteiger partial charge in [-0.2, -0.15) is 0 Å². The Labute approximate surface area is 164 Å². The average molecular weight is 387 g/mol. The molecule has 0 aliphatic carbocycles. The molecule has 1 aliphatic heterocycles. The number of aromatic nitrogens is 1. The number of hydrogen-bond acceptors (Lipinski definition) is 6. The zero-order chi connectivity index (χ0) is 20.4. The van der Waals surface area contributed by atoms with Crippen LogP contribution in [0.1, 0.15) is 11.1 Å². The molecule has 0 unspecified atom stereocenters. The molecule has 1 aliphatic rings. The van der Waals surface area contributed by atoms with Crippen molar-refractivity contribution in [2.45, 2.75) is 13.1 Å². The minimum Gasteiger partial charge on any atom is -0.496 e. The summed E-state index contributed by atoms with van der Waals surface area (Å²) in [6.07, 6.45) is 3.74. The first-order chi connectivity index (χ1) is 13.5. The number of pyridine rings is 1. The minimum absolute atomic E-state index is 0.965. The summed E-state index contributed by atoms with van der Waals surface area (Å²) in [6, 6.07) is 12.5. The number of carboxylic acids is 2. The number of nitrogens with zero attached hydrogens (tertiary/aromatic N) is 3. The number of para-hydroxylation sites is 1. The molecule has 3 rings (SSSR count). The maximum Gasteiger partial charge on any atom is 0.414 e. The molecular formula is C20H25N3O5. The summed E-state index contributed by atoms with van der Waals surface area (Å²) in [7, 11) is 1.74. The molecule has 1 fully saturated rings. The summed E-state index contributed by atoms with van der Waals surface area (Å²) in [5.74, 6) is -2.66. The lowest BCUT2D eigenvalue weighted by atomic mass is 10.1. The van der Waals surface area contributed by atoms with Gasteiger partial charge in [-0.3, -0.25) is 14.8 Å². The van der Waals surface area contributed by atoms with Crippen molar-refractivity contribution >= 4 is 11.9 Å². The van der Waals surface area contributed by atoms with E-state index >= 15 is 0 Å². The van der Waals surface area contributed by atoms with Crippen molar-refractivity contribution in [1.82, 2.24) is 14.8 Å². The molecule has 8 heteroatoms. The van der Waals surface area contributed by atoms with Crippen LogP contribution < -0.4 is 4.74 Å². The van der Waals surface area contributed by atoms with Crippen LogP contribution in [0.2, 0.25) is 0 Å². The van der Waals surface area contributed by atoms with Crippen molar-refractivity contribution in [3.8, 4) is 5.75 Å². The van der Waals surface area contributed by atoms with Crippen molar-refractivity contribution in [2.75, 3.05) is 33.3 Å². The van der Waals surface area contributed by atoms with Crippen molar-refractivity contribution in [2.24, 2.45) is 0 Å². The molecular weight excluding hydrogens is 362 g/mol. The van der Waals surface area contributed by atoms with Crippen LogP contribution in [0.5, 0.6) is 5.75 Å². The topological polar surface area (TPSA) is 103 Å². The molecule has 0 saturated carbocycles. The number of carboxylic acid groups (broad SMARTS) is 2. The molecule has 0 spiro atoms. The lowest BCUT2D eigenvalue weighted by molar-refractivity contribution is -0.159. The Morgan fingerprint density at radius 1 is 0.929 bits per heavy atom. The maximum absolute atomic E-state index is 9.10. The van der Waals surface area contributed by atoms with Gasteiger partial charge in [-0.05, 0) is 23.8 Å². The first-order valence-electron chi connectivity index (χ1n) is 8.91. The second-order valence-electron chi connectivity index (χ2n) is 6.33.